The number of benzene rings is 1. The van der Waals surface area contributed by atoms with Crippen LogP contribution in [0.2, 0.25) is 0 Å². The zero-order valence-electron chi connectivity index (χ0n) is 11.4. The van der Waals surface area contributed by atoms with E-state index in [0.29, 0.717) is 0 Å². The third-order valence-electron chi connectivity index (χ3n) is 3.99. The molecule has 1 aromatic heterocycles. The van der Waals surface area contributed by atoms with Crippen molar-refractivity contribution in [1.29, 1.82) is 0 Å². The number of ether oxygens (including phenoxy) is 1. The number of fused-ring (bicyclic) bond motifs is 1. The summed E-state index contributed by atoms with van der Waals surface area (Å²) in [7, 11) is 1.71. The van der Waals surface area contributed by atoms with Crippen molar-refractivity contribution in [2.45, 2.75) is 31.7 Å². The maximum Gasteiger partial charge on any atom is 0.119 e. The van der Waals surface area contributed by atoms with Crippen LogP contribution in [0.5, 0.6) is 5.75 Å². The van der Waals surface area contributed by atoms with E-state index in [1.54, 1.807) is 18.4 Å². The Morgan fingerprint density at radius 2 is 2.11 bits per heavy atom. The van der Waals surface area contributed by atoms with Crippen LogP contribution in [0.25, 0.3) is 0 Å². The first-order chi connectivity index (χ1) is 9.13. The van der Waals surface area contributed by atoms with Crippen molar-refractivity contribution in [2.24, 2.45) is 5.73 Å². The van der Waals surface area contributed by atoms with E-state index in [1.165, 1.54) is 20.9 Å². The molecule has 1 aliphatic rings. The van der Waals surface area contributed by atoms with Gasteiger partial charge in [0.2, 0.25) is 0 Å². The quantitative estimate of drug-likeness (QED) is 0.907. The molecular formula is C16H19NOS. The standard InChI is InChI=1S/C16H19NOS/c1-11-5-8-15(19-11)16(17)9-3-4-12-6-7-13(18-2)10-14(12)16/h5-8,10H,3-4,9,17H2,1-2H3. The van der Waals surface area contributed by atoms with Gasteiger partial charge in [0, 0.05) is 9.75 Å². The normalized spacial score (nSPS) is 22.1. The van der Waals surface area contributed by atoms with Crippen molar-refractivity contribution in [2.75, 3.05) is 7.11 Å². The highest BCUT2D eigenvalue weighted by molar-refractivity contribution is 7.12. The minimum atomic E-state index is -0.346. The lowest BCUT2D eigenvalue weighted by atomic mass is 9.76. The van der Waals surface area contributed by atoms with Crippen LogP contribution in [0.3, 0.4) is 0 Å². The molecule has 1 aliphatic carbocycles. The summed E-state index contributed by atoms with van der Waals surface area (Å²) in [6.07, 6.45) is 3.27. The first kappa shape index (κ1) is 12.7. The van der Waals surface area contributed by atoms with Crippen molar-refractivity contribution in [3.63, 3.8) is 0 Å². The van der Waals surface area contributed by atoms with Crippen molar-refractivity contribution >= 4 is 11.3 Å². The predicted octanol–water partition coefficient (Wildman–Crippen LogP) is 3.60. The van der Waals surface area contributed by atoms with Gasteiger partial charge in [0.05, 0.1) is 12.6 Å². The van der Waals surface area contributed by atoms with E-state index in [2.05, 4.69) is 31.2 Å². The fraction of sp³-hybridized carbons (Fsp3) is 0.375. The van der Waals surface area contributed by atoms with Gasteiger partial charge in [-0.2, -0.15) is 0 Å². The number of nitrogens with two attached hydrogens (primary N) is 1. The van der Waals surface area contributed by atoms with Crippen LogP contribution in [-0.4, -0.2) is 7.11 Å². The van der Waals surface area contributed by atoms with E-state index in [-0.39, 0.29) is 5.54 Å². The van der Waals surface area contributed by atoms with Crippen molar-refractivity contribution in [3.8, 4) is 5.75 Å². The molecule has 1 aromatic carbocycles. The Bertz CT molecular complexity index is 605. The lowest BCUT2D eigenvalue weighted by Gasteiger charge is -2.35. The molecule has 1 unspecified atom stereocenters. The van der Waals surface area contributed by atoms with Gasteiger partial charge in [-0.1, -0.05) is 6.07 Å². The zero-order chi connectivity index (χ0) is 13.5. The first-order valence-electron chi connectivity index (χ1n) is 6.67. The first-order valence-corrected chi connectivity index (χ1v) is 7.48. The molecule has 0 bridgehead atoms. The van der Waals surface area contributed by atoms with Gasteiger partial charge in [0.25, 0.3) is 0 Å². The molecule has 100 valence electrons. The van der Waals surface area contributed by atoms with E-state index in [1.807, 2.05) is 6.07 Å². The van der Waals surface area contributed by atoms with Crippen LogP contribution in [0.1, 0.15) is 33.7 Å². The average molecular weight is 273 g/mol. The number of hydrogen-bond donors (Lipinski definition) is 1. The maximum atomic E-state index is 6.78. The number of rotatable bonds is 2. The minimum absolute atomic E-state index is 0.346. The molecular weight excluding hydrogens is 254 g/mol. The molecule has 0 fully saturated rings. The zero-order valence-corrected chi connectivity index (χ0v) is 12.2. The van der Waals surface area contributed by atoms with Crippen LogP contribution in [-0.2, 0) is 12.0 Å². The second kappa shape index (κ2) is 4.66. The molecule has 0 aliphatic heterocycles. The number of aryl methyl sites for hydroxylation is 2. The highest BCUT2D eigenvalue weighted by Gasteiger charge is 2.35. The molecule has 3 rings (SSSR count). The summed E-state index contributed by atoms with van der Waals surface area (Å²) in [5.41, 5.74) is 9.04. The summed E-state index contributed by atoms with van der Waals surface area (Å²) in [4.78, 5) is 2.58. The lowest BCUT2D eigenvalue weighted by molar-refractivity contribution is 0.406. The number of hydrogen-bond acceptors (Lipinski definition) is 3. The van der Waals surface area contributed by atoms with Crippen molar-refractivity contribution < 1.29 is 4.74 Å². The van der Waals surface area contributed by atoms with Crippen molar-refractivity contribution in [1.82, 2.24) is 0 Å². The van der Waals surface area contributed by atoms with Crippen LogP contribution < -0.4 is 10.5 Å². The minimum Gasteiger partial charge on any atom is -0.497 e. The Hall–Kier alpha value is -1.32. The Morgan fingerprint density at radius 3 is 2.79 bits per heavy atom. The van der Waals surface area contributed by atoms with E-state index in [4.69, 9.17) is 10.5 Å². The van der Waals surface area contributed by atoms with Crippen LogP contribution in [0.4, 0.5) is 0 Å². The highest BCUT2D eigenvalue weighted by atomic mass is 32.1. The fourth-order valence-electron chi connectivity index (χ4n) is 2.94. The van der Waals surface area contributed by atoms with Gasteiger partial charge in [0.1, 0.15) is 5.75 Å². The van der Waals surface area contributed by atoms with Crippen LogP contribution >= 0.6 is 11.3 Å². The van der Waals surface area contributed by atoms with E-state index >= 15 is 0 Å². The Labute approximate surface area is 118 Å². The van der Waals surface area contributed by atoms with E-state index in [9.17, 15) is 0 Å². The SMILES string of the molecule is COc1ccc2c(c1)C(N)(c1ccc(C)s1)CCC2. The van der Waals surface area contributed by atoms with Gasteiger partial charge in [0.15, 0.2) is 0 Å². The molecule has 2 N–H and O–H groups in total. The summed E-state index contributed by atoms with van der Waals surface area (Å²) in [6.45, 7) is 2.13. The number of methoxy groups -OCH3 is 1. The molecule has 0 saturated carbocycles. The van der Waals surface area contributed by atoms with E-state index in [0.717, 1.165) is 25.0 Å². The molecule has 2 nitrogen and oxygen atoms in total. The summed E-state index contributed by atoms with van der Waals surface area (Å²) >= 11 is 1.80. The van der Waals surface area contributed by atoms with Crippen molar-refractivity contribution in [3.05, 3.63) is 51.2 Å². The molecule has 1 heterocycles. The monoisotopic (exact) mass is 273 g/mol. The van der Waals surface area contributed by atoms with Crippen LogP contribution in [0, 0.1) is 6.92 Å². The van der Waals surface area contributed by atoms with Gasteiger partial charge in [-0.15, -0.1) is 11.3 Å². The third-order valence-corrected chi connectivity index (χ3v) is 5.17. The lowest BCUT2D eigenvalue weighted by Crippen LogP contribution is -2.40. The summed E-state index contributed by atoms with van der Waals surface area (Å²) < 4.78 is 5.36. The Morgan fingerprint density at radius 1 is 1.26 bits per heavy atom. The Kier molecular flexibility index (Phi) is 3.11. The van der Waals surface area contributed by atoms with Gasteiger partial charge in [-0.05, 0) is 61.6 Å². The Balaban J connectivity index is 2.15. The average Bonchev–Trinajstić information content (AvgIpc) is 2.86. The van der Waals surface area contributed by atoms with Gasteiger partial charge in [-0.25, -0.2) is 0 Å². The molecule has 0 radical (unpaired) electrons. The summed E-state index contributed by atoms with van der Waals surface area (Å²) in [5, 5.41) is 0. The predicted molar refractivity (Wildman–Crippen MR) is 80.0 cm³/mol. The molecule has 0 saturated heterocycles. The van der Waals surface area contributed by atoms with Gasteiger partial charge >= 0.3 is 0 Å². The third kappa shape index (κ3) is 2.07. The second-order valence-corrected chi connectivity index (χ2v) is 6.55. The molecule has 0 amide bonds. The topological polar surface area (TPSA) is 35.2 Å². The highest BCUT2D eigenvalue weighted by Crippen LogP contribution is 2.42. The molecule has 1 atom stereocenters. The smallest absolute Gasteiger partial charge is 0.119 e. The second-order valence-electron chi connectivity index (χ2n) is 5.26. The summed E-state index contributed by atoms with van der Waals surface area (Å²) in [5.74, 6) is 0.892. The summed E-state index contributed by atoms with van der Waals surface area (Å²) in [6, 6.07) is 10.6. The van der Waals surface area contributed by atoms with Gasteiger partial charge < -0.3 is 10.5 Å². The largest absolute Gasteiger partial charge is 0.497 e. The molecule has 0 spiro atoms. The fourth-order valence-corrected chi connectivity index (χ4v) is 3.95. The molecule has 19 heavy (non-hydrogen) atoms. The molecule has 3 heteroatoms. The molecule has 2 aromatic rings. The maximum absolute atomic E-state index is 6.78. The van der Waals surface area contributed by atoms with Gasteiger partial charge in [-0.3, -0.25) is 0 Å². The van der Waals surface area contributed by atoms with E-state index < -0.39 is 0 Å². The number of thiophene rings is 1. The van der Waals surface area contributed by atoms with Crippen LogP contribution in [0.15, 0.2) is 30.3 Å².